The highest BCUT2D eigenvalue weighted by molar-refractivity contribution is 6.30. The second kappa shape index (κ2) is 9.52. The lowest BCUT2D eigenvalue weighted by molar-refractivity contribution is 0.0633. The first kappa shape index (κ1) is 20.7. The van der Waals surface area contributed by atoms with E-state index in [-0.39, 0.29) is 17.7 Å². The number of ether oxygens (including phenoxy) is 1. The van der Waals surface area contributed by atoms with Gasteiger partial charge in [-0.2, -0.15) is 0 Å². The van der Waals surface area contributed by atoms with Gasteiger partial charge in [0.15, 0.2) is 0 Å². The van der Waals surface area contributed by atoms with Gasteiger partial charge in [-0.1, -0.05) is 17.7 Å². The molecule has 2 aromatic rings. The molecule has 0 aromatic heterocycles. The maximum absolute atomic E-state index is 12.8. The van der Waals surface area contributed by atoms with E-state index < -0.39 is 0 Å². The summed E-state index contributed by atoms with van der Waals surface area (Å²) in [5.74, 6) is 1.16. The third-order valence-electron chi connectivity index (χ3n) is 5.86. The van der Waals surface area contributed by atoms with Gasteiger partial charge in [0.2, 0.25) is 0 Å². The number of piperidine rings is 1. The summed E-state index contributed by atoms with van der Waals surface area (Å²) in [7, 11) is 0. The Balaban J connectivity index is 1.30. The number of amides is 2. The Labute approximate surface area is 182 Å². The highest BCUT2D eigenvalue weighted by Gasteiger charge is 2.25. The molecule has 2 saturated heterocycles. The van der Waals surface area contributed by atoms with E-state index in [0.29, 0.717) is 29.3 Å². The van der Waals surface area contributed by atoms with Crippen molar-refractivity contribution < 1.29 is 14.3 Å². The molecule has 0 N–H and O–H groups in total. The molecular weight excluding hydrogens is 400 g/mol. The number of hydrogen-bond acceptors (Lipinski definition) is 3. The Kier molecular flexibility index (Phi) is 6.58. The molecular formula is C24H27ClN2O3. The van der Waals surface area contributed by atoms with Crippen LogP contribution in [0.4, 0.5) is 0 Å². The van der Waals surface area contributed by atoms with Crippen LogP contribution in [0.25, 0.3) is 0 Å². The van der Waals surface area contributed by atoms with Crippen LogP contribution in [-0.2, 0) is 0 Å². The molecule has 2 heterocycles. The summed E-state index contributed by atoms with van der Waals surface area (Å²) in [6.45, 7) is 3.69. The van der Waals surface area contributed by atoms with Crippen molar-refractivity contribution in [3.05, 3.63) is 64.7 Å². The summed E-state index contributed by atoms with van der Waals surface area (Å²) in [6, 6.07) is 14.5. The van der Waals surface area contributed by atoms with Crippen molar-refractivity contribution in [2.45, 2.75) is 25.7 Å². The number of likely N-dealkylation sites (tertiary alicyclic amines) is 2. The van der Waals surface area contributed by atoms with Gasteiger partial charge in [-0.3, -0.25) is 9.59 Å². The zero-order valence-electron chi connectivity index (χ0n) is 17.1. The smallest absolute Gasteiger partial charge is 0.253 e. The minimum absolute atomic E-state index is 0.0204. The van der Waals surface area contributed by atoms with E-state index in [9.17, 15) is 9.59 Å². The third-order valence-corrected chi connectivity index (χ3v) is 6.09. The highest BCUT2D eigenvalue weighted by Crippen LogP contribution is 2.22. The maximum Gasteiger partial charge on any atom is 0.253 e. The summed E-state index contributed by atoms with van der Waals surface area (Å²) >= 11 is 6.03. The van der Waals surface area contributed by atoms with Crippen molar-refractivity contribution in [1.82, 2.24) is 9.80 Å². The summed E-state index contributed by atoms with van der Waals surface area (Å²) in [5.41, 5.74) is 1.34. The van der Waals surface area contributed by atoms with Gasteiger partial charge in [0.05, 0.1) is 6.61 Å². The van der Waals surface area contributed by atoms with Crippen LogP contribution in [-0.4, -0.2) is 54.4 Å². The van der Waals surface area contributed by atoms with Crippen molar-refractivity contribution in [3.8, 4) is 5.75 Å². The van der Waals surface area contributed by atoms with Crippen molar-refractivity contribution >= 4 is 23.4 Å². The molecule has 158 valence electrons. The van der Waals surface area contributed by atoms with Crippen molar-refractivity contribution in [2.75, 3.05) is 32.8 Å². The van der Waals surface area contributed by atoms with Crippen LogP contribution < -0.4 is 4.74 Å². The summed E-state index contributed by atoms with van der Waals surface area (Å²) in [6.07, 6.45) is 4.17. The number of rotatable bonds is 5. The van der Waals surface area contributed by atoms with Crippen LogP contribution in [0, 0.1) is 5.92 Å². The minimum atomic E-state index is 0.0204. The van der Waals surface area contributed by atoms with Gasteiger partial charge in [0.1, 0.15) is 5.75 Å². The predicted molar refractivity (Wildman–Crippen MR) is 117 cm³/mol. The fourth-order valence-electron chi connectivity index (χ4n) is 4.20. The molecule has 4 rings (SSSR count). The molecule has 0 aliphatic carbocycles. The molecule has 2 fully saturated rings. The average molecular weight is 427 g/mol. The largest absolute Gasteiger partial charge is 0.493 e. The first-order chi connectivity index (χ1) is 14.6. The fraction of sp³-hybridized carbons (Fsp3) is 0.417. The number of benzene rings is 2. The molecule has 0 spiro atoms. The second-order valence-corrected chi connectivity index (χ2v) is 8.54. The third kappa shape index (κ3) is 4.96. The monoisotopic (exact) mass is 426 g/mol. The first-order valence-electron chi connectivity index (χ1n) is 10.7. The highest BCUT2D eigenvalue weighted by atomic mass is 35.5. The summed E-state index contributed by atoms with van der Waals surface area (Å²) < 4.78 is 5.97. The van der Waals surface area contributed by atoms with Crippen LogP contribution >= 0.6 is 11.6 Å². The molecule has 6 heteroatoms. The van der Waals surface area contributed by atoms with E-state index in [4.69, 9.17) is 16.3 Å². The number of carbonyl (C=O) groups is 2. The van der Waals surface area contributed by atoms with E-state index in [1.165, 1.54) is 0 Å². The van der Waals surface area contributed by atoms with Gasteiger partial charge < -0.3 is 14.5 Å². The minimum Gasteiger partial charge on any atom is -0.493 e. The molecule has 0 bridgehead atoms. The lowest BCUT2D eigenvalue weighted by Crippen LogP contribution is -2.41. The number of hydrogen-bond donors (Lipinski definition) is 0. The Morgan fingerprint density at radius 2 is 1.60 bits per heavy atom. The predicted octanol–water partition coefficient (Wildman–Crippen LogP) is 4.51. The average Bonchev–Trinajstić information content (AvgIpc) is 3.32. The van der Waals surface area contributed by atoms with Crippen LogP contribution in [0.2, 0.25) is 5.02 Å². The second-order valence-electron chi connectivity index (χ2n) is 8.10. The van der Waals surface area contributed by atoms with E-state index in [0.717, 1.165) is 51.1 Å². The van der Waals surface area contributed by atoms with Crippen LogP contribution in [0.1, 0.15) is 46.4 Å². The van der Waals surface area contributed by atoms with E-state index in [2.05, 4.69) is 0 Å². The molecule has 2 amide bonds. The van der Waals surface area contributed by atoms with Crippen LogP contribution in [0.5, 0.6) is 5.75 Å². The Morgan fingerprint density at radius 1 is 0.900 bits per heavy atom. The number of halogens is 1. The van der Waals surface area contributed by atoms with Crippen molar-refractivity contribution in [1.29, 1.82) is 0 Å². The zero-order chi connectivity index (χ0) is 20.9. The Bertz CT molecular complexity index is 894. The van der Waals surface area contributed by atoms with Crippen LogP contribution in [0.15, 0.2) is 48.5 Å². The van der Waals surface area contributed by atoms with Gasteiger partial charge in [0, 0.05) is 48.2 Å². The normalized spacial score (nSPS) is 19.0. The lowest BCUT2D eigenvalue weighted by atomic mass is 9.98. The summed E-state index contributed by atoms with van der Waals surface area (Å²) in [5, 5.41) is 0.574. The van der Waals surface area contributed by atoms with Crippen molar-refractivity contribution in [3.63, 3.8) is 0 Å². The maximum atomic E-state index is 12.8. The van der Waals surface area contributed by atoms with Gasteiger partial charge in [-0.25, -0.2) is 0 Å². The molecule has 1 unspecified atom stereocenters. The molecule has 0 saturated carbocycles. The first-order valence-corrected chi connectivity index (χ1v) is 11.0. The van der Waals surface area contributed by atoms with E-state index in [1.807, 2.05) is 34.1 Å². The number of carbonyl (C=O) groups excluding carboxylic acids is 2. The zero-order valence-corrected chi connectivity index (χ0v) is 17.8. The number of nitrogens with zero attached hydrogens (tertiary/aromatic N) is 2. The molecule has 1 atom stereocenters. The molecule has 0 radical (unpaired) electrons. The fourth-order valence-corrected chi connectivity index (χ4v) is 4.39. The lowest BCUT2D eigenvalue weighted by Gasteiger charge is -2.32. The quantitative estimate of drug-likeness (QED) is 0.706. The van der Waals surface area contributed by atoms with Gasteiger partial charge >= 0.3 is 0 Å². The molecule has 2 aliphatic heterocycles. The summed E-state index contributed by atoms with van der Waals surface area (Å²) in [4.78, 5) is 29.0. The van der Waals surface area contributed by atoms with Crippen LogP contribution in [0.3, 0.4) is 0 Å². The standard InChI is InChI=1S/C24H27ClN2O3/c25-21-7-3-6-20(15-21)24(29)27-14-4-5-18(16-27)17-30-22-10-8-19(9-11-22)23(28)26-12-1-2-13-26/h3,6-11,15,18H,1-2,4-5,12-14,16-17H2. The van der Waals surface area contributed by atoms with Gasteiger partial charge in [-0.15, -0.1) is 0 Å². The van der Waals surface area contributed by atoms with E-state index >= 15 is 0 Å². The van der Waals surface area contributed by atoms with Gasteiger partial charge in [-0.05, 0) is 68.1 Å². The molecule has 5 nitrogen and oxygen atoms in total. The Morgan fingerprint density at radius 3 is 2.33 bits per heavy atom. The van der Waals surface area contributed by atoms with E-state index in [1.54, 1.807) is 24.3 Å². The topological polar surface area (TPSA) is 49.9 Å². The van der Waals surface area contributed by atoms with Crippen molar-refractivity contribution in [2.24, 2.45) is 5.92 Å². The molecule has 2 aliphatic rings. The van der Waals surface area contributed by atoms with Gasteiger partial charge in [0.25, 0.3) is 11.8 Å². The molecule has 2 aromatic carbocycles. The Hall–Kier alpha value is -2.53. The SMILES string of the molecule is O=C(c1ccc(OCC2CCCN(C(=O)c3cccc(Cl)c3)C2)cc1)N1CCCC1. The molecule has 30 heavy (non-hydrogen) atoms.